The normalized spacial score (nSPS) is 21.9. The van der Waals surface area contributed by atoms with Crippen LogP contribution in [0, 0.1) is 6.92 Å². The van der Waals surface area contributed by atoms with Gasteiger partial charge >= 0.3 is 0 Å². The van der Waals surface area contributed by atoms with Crippen LogP contribution in [0.2, 0.25) is 0 Å². The lowest BCUT2D eigenvalue weighted by Gasteiger charge is -2.12. The number of carbonyl (C=O) groups excluding carboxylic acids is 1. The number of aryl methyl sites for hydroxylation is 1. The first kappa shape index (κ1) is 12.1. The van der Waals surface area contributed by atoms with Gasteiger partial charge in [-0.1, -0.05) is 12.1 Å². The zero-order valence-corrected chi connectivity index (χ0v) is 10.8. The van der Waals surface area contributed by atoms with Gasteiger partial charge in [0, 0.05) is 13.6 Å². The van der Waals surface area contributed by atoms with Gasteiger partial charge in [0.2, 0.25) is 5.91 Å². The second-order valence-corrected chi connectivity index (χ2v) is 5.92. The number of rotatable bonds is 2. The standard InChI is InChI=1S/C12H16N2O2S/c1-8-4-3-5-9(11(8)13)17(16)10-6-7-14(2)12(10)15/h3-5,10H,6-7,13H2,1-2H3. The maximum atomic E-state index is 12.4. The minimum Gasteiger partial charge on any atom is -0.398 e. The van der Waals surface area contributed by atoms with Crippen LogP contribution in [0.3, 0.4) is 0 Å². The summed E-state index contributed by atoms with van der Waals surface area (Å²) in [5, 5.41) is -0.441. The molecular weight excluding hydrogens is 236 g/mol. The third-order valence-corrected chi connectivity index (χ3v) is 4.88. The van der Waals surface area contributed by atoms with Crippen molar-refractivity contribution in [3.05, 3.63) is 23.8 Å². The van der Waals surface area contributed by atoms with Gasteiger partial charge in [0.1, 0.15) is 5.25 Å². The molecule has 1 fully saturated rings. The number of hydrogen-bond acceptors (Lipinski definition) is 3. The minimum absolute atomic E-state index is 0.0516. The Hall–Kier alpha value is -1.36. The molecule has 1 aromatic rings. The molecule has 0 aliphatic carbocycles. The molecule has 0 saturated carbocycles. The third-order valence-electron chi connectivity index (χ3n) is 3.14. The molecule has 0 spiro atoms. The quantitative estimate of drug-likeness (QED) is 0.796. The first-order valence-corrected chi connectivity index (χ1v) is 6.74. The zero-order valence-electron chi connectivity index (χ0n) is 9.97. The second kappa shape index (κ2) is 4.49. The molecule has 2 atom stereocenters. The van der Waals surface area contributed by atoms with Crippen LogP contribution in [0.1, 0.15) is 12.0 Å². The summed E-state index contributed by atoms with van der Waals surface area (Å²) in [7, 11) is 0.388. The van der Waals surface area contributed by atoms with E-state index in [-0.39, 0.29) is 5.91 Å². The van der Waals surface area contributed by atoms with E-state index >= 15 is 0 Å². The number of anilines is 1. The van der Waals surface area contributed by atoms with Crippen molar-refractivity contribution in [2.45, 2.75) is 23.5 Å². The Balaban J connectivity index is 2.32. The fraction of sp³-hybridized carbons (Fsp3) is 0.417. The fourth-order valence-corrected chi connectivity index (χ4v) is 3.55. The molecule has 1 amide bonds. The minimum atomic E-state index is -1.35. The second-order valence-electron chi connectivity index (χ2n) is 4.32. The molecule has 2 N–H and O–H groups in total. The Morgan fingerprint density at radius 1 is 1.47 bits per heavy atom. The van der Waals surface area contributed by atoms with Crippen molar-refractivity contribution in [2.24, 2.45) is 0 Å². The van der Waals surface area contributed by atoms with E-state index in [0.717, 1.165) is 5.56 Å². The van der Waals surface area contributed by atoms with Crippen LogP contribution in [0.15, 0.2) is 23.1 Å². The van der Waals surface area contributed by atoms with Gasteiger partial charge in [-0.15, -0.1) is 0 Å². The van der Waals surface area contributed by atoms with E-state index in [1.165, 1.54) is 0 Å². The van der Waals surface area contributed by atoms with E-state index < -0.39 is 16.0 Å². The van der Waals surface area contributed by atoms with Gasteiger partial charge in [0.05, 0.1) is 21.4 Å². The van der Waals surface area contributed by atoms with Crippen LogP contribution < -0.4 is 5.73 Å². The van der Waals surface area contributed by atoms with Crippen LogP contribution in [-0.2, 0) is 15.6 Å². The predicted molar refractivity (Wildman–Crippen MR) is 68.0 cm³/mol. The molecule has 0 aromatic heterocycles. The lowest BCUT2D eigenvalue weighted by Crippen LogP contribution is -2.28. The van der Waals surface area contributed by atoms with Gasteiger partial charge in [-0.25, -0.2) is 0 Å². The van der Waals surface area contributed by atoms with Crippen molar-refractivity contribution < 1.29 is 9.00 Å². The smallest absolute Gasteiger partial charge is 0.238 e. The van der Waals surface area contributed by atoms with E-state index in [9.17, 15) is 9.00 Å². The molecule has 0 bridgehead atoms. The fourth-order valence-electron chi connectivity index (χ4n) is 1.97. The number of nitrogens with two attached hydrogens (primary N) is 1. The van der Waals surface area contributed by atoms with Crippen LogP contribution in [0.25, 0.3) is 0 Å². The molecule has 5 heteroatoms. The largest absolute Gasteiger partial charge is 0.398 e. The molecule has 4 nitrogen and oxygen atoms in total. The topological polar surface area (TPSA) is 63.4 Å². The molecule has 92 valence electrons. The van der Waals surface area contributed by atoms with Gasteiger partial charge in [-0.2, -0.15) is 0 Å². The van der Waals surface area contributed by atoms with E-state index in [2.05, 4.69) is 0 Å². The van der Waals surface area contributed by atoms with Crippen molar-refractivity contribution in [1.82, 2.24) is 4.90 Å². The number of nitrogens with zero attached hydrogens (tertiary/aromatic N) is 1. The van der Waals surface area contributed by atoms with Crippen molar-refractivity contribution >= 4 is 22.4 Å². The monoisotopic (exact) mass is 252 g/mol. The Bertz CT molecular complexity index is 487. The summed E-state index contributed by atoms with van der Waals surface area (Å²) in [4.78, 5) is 14.0. The van der Waals surface area contributed by atoms with Crippen LogP contribution in [-0.4, -0.2) is 33.9 Å². The van der Waals surface area contributed by atoms with Gasteiger partial charge in [0.15, 0.2) is 0 Å². The Morgan fingerprint density at radius 2 is 2.18 bits per heavy atom. The number of amides is 1. The summed E-state index contributed by atoms with van der Waals surface area (Å²) < 4.78 is 12.4. The number of carbonyl (C=O) groups is 1. The number of nitrogen functional groups attached to an aromatic ring is 1. The summed E-state index contributed by atoms with van der Waals surface area (Å²) in [5.74, 6) is -0.0516. The van der Waals surface area contributed by atoms with Crippen molar-refractivity contribution in [3.63, 3.8) is 0 Å². The average Bonchev–Trinajstić information content (AvgIpc) is 2.63. The summed E-state index contributed by atoms with van der Waals surface area (Å²) in [6, 6.07) is 5.44. The maximum Gasteiger partial charge on any atom is 0.238 e. The predicted octanol–water partition coefficient (Wildman–Crippen LogP) is 0.916. The highest BCUT2D eigenvalue weighted by molar-refractivity contribution is 7.86. The van der Waals surface area contributed by atoms with Gasteiger partial charge < -0.3 is 10.6 Å². The SMILES string of the molecule is Cc1cccc(S(=O)C2CCN(C)C2=O)c1N. The molecule has 17 heavy (non-hydrogen) atoms. The Morgan fingerprint density at radius 3 is 2.76 bits per heavy atom. The molecule has 1 aliphatic rings. The molecule has 1 heterocycles. The first-order chi connectivity index (χ1) is 8.02. The number of likely N-dealkylation sites (tertiary alicyclic amines) is 1. The molecule has 2 rings (SSSR count). The molecule has 1 aromatic carbocycles. The van der Waals surface area contributed by atoms with Crippen LogP contribution in [0.5, 0.6) is 0 Å². The van der Waals surface area contributed by atoms with Gasteiger partial charge in [0.25, 0.3) is 0 Å². The molecular formula is C12H16N2O2S. The van der Waals surface area contributed by atoms with Crippen molar-refractivity contribution in [2.75, 3.05) is 19.3 Å². The molecule has 1 saturated heterocycles. The average molecular weight is 252 g/mol. The number of para-hydroxylation sites is 1. The maximum absolute atomic E-state index is 12.4. The molecule has 0 radical (unpaired) electrons. The molecule has 2 unspecified atom stereocenters. The van der Waals surface area contributed by atoms with Crippen LogP contribution in [0.4, 0.5) is 5.69 Å². The number of hydrogen-bond donors (Lipinski definition) is 1. The summed E-state index contributed by atoms with van der Waals surface area (Å²) in [6.07, 6.45) is 0.634. The summed E-state index contributed by atoms with van der Waals surface area (Å²) in [5.41, 5.74) is 7.35. The summed E-state index contributed by atoms with van der Waals surface area (Å²) >= 11 is 0. The zero-order chi connectivity index (χ0) is 12.6. The van der Waals surface area contributed by atoms with Crippen molar-refractivity contribution in [3.8, 4) is 0 Å². The van der Waals surface area contributed by atoms with E-state index in [4.69, 9.17) is 5.73 Å². The highest BCUT2D eigenvalue weighted by Crippen LogP contribution is 2.26. The summed E-state index contributed by atoms with van der Waals surface area (Å²) in [6.45, 7) is 2.54. The van der Waals surface area contributed by atoms with Crippen molar-refractivity contribution in [1.29, 1.82) is 0 Å². The Labute approximate surface area is 103 Å². The van der Waals surface area contributed by atoms with E-state index in [1.807, 2.05) is 19.1 Å². The molecule has 1 aliphatic heterocycles. The van der Waals surface area contributed by atoms with E-state index in [1.54, 1.807) is 18.0 Å². The lowest BCUT2D eigenvalue weighted by atomic mass is 10.2. The van der Waals surface area contributed by atoms with E-state index in [0.29, 0.717) is 23.5 Å². The highest BCUT2D eigenvalue weighted by atomic mass is 32.2. The number of benzene rings is 1. The Kier molecular flexibility index (Phi) is 3.19. The first-order valence-electron chi connectivity index (χ1n) is 5.53. The third kappa shape index (κ3) is 2.07. The van der Waals surface area contributed by atoms with Gasteiger partial charge in [-0.05, 0) is 25.0 Å². The van der Waals surface area contributed by atoms with Gasteiger partial charge in [-0.3, -0.25) is 9.00 Å². The lowest BCUT2D eigenvalue weighted by molar-refractivity contribution is -0.126. The highest BCUT2D eigenvalue weighted by Gasteiger charge is 2.35. The van der Waals surface area contributed by atoms with Crippen LogP contribution >= 0.6 is 0 Å².